The van der Waals surface area contributed by atoms with Gasteiger partial charge in [-0.1, -0.05) is 48.5 Å². The first-order valence-electron chi connectivity index (χ1n) is 8.13. The predicted octanol–water partition coefficient (Wildman–Crippen LogP) is 5.30. The average molecular weight is 327 g/mol. The van der Waals surface area contributed by atoms with Crippen molar-refractivity contribution in [2.45, 2.75) is 6.92 Å². The minimum absolute atomic E-state index is 0.279. The van der Waals surface area contributed by atoms with Gasteiger partial charge in [0.15, 0.2) is 0 Å². The Morgan fingerprint density at radius 2 is 1.64 bits per heavy atom. The van der Waals surface area contributed by atoms with Gasteiger partial charge in [-0.25, -0.2) is 0 Å². The minimum Gasteiger partial charge on any atom is -0.508 e. The summed E-state index contributed by atoms with van der Waals surface area (Å²) in [4.78, 5) is 13.5. The van der Waals surface area contributed by atoms with Crippen molar-refractivity contribution in [1.82, 2.24) is 0 Å². The highest BCUT2D eigenvalue weighted by atomic mass is 16.3. The van der Waals surface area contributed by atoms with E-state index >= 15 is 0 Å². The maximum Gasteiger partial charge on any atom is 0.218 e. The maximum atomic E-state index is 11.9. The van der Waals surface area contributed by atoms with Crippen LogP contribution >= 0.6 is 0 Å². The fourth-order valence-corrected chi connectivity index (χ4v) is 3.29. The van der Waals surface area contributed by atoms with E-state index in [1.54, 1.807) is 11.0 Å². The molecule has 4 aromatic rings. The van der Waals surface area contributed by atoms with Gasteiger partial charge in [-0.15, -0.1) is 0 Å². The highest BCUT2D eigenvalue weighted by molar-refractivity contribution is 6.03. The van der Waals surface area contributed by atoms with E-state index in [0.717, 1.165) is 44.9 Å². The Bertz CT molecular complexity index is 1100. The number of hydrogen-bond acceptors (Lipinski definition) is 2. The van der Waals surface area contributed by atoms with Crippen LogP contribution < -0.4 is 4.90 Å². The molecule has 1 amide bonds. The largest absolute Gasteiger partial charge is 0.508 e. The smallest absolute Gasteiger partial charge is 0.218 e. The van der Waals surface area contributed by atoms with Gasteiger partial charge in [0.1, 0.15) is 5.75 Å². The Labute approximate surface area is 145 Å². The van der Waals surface area contributed by atoms with Crippen LogP contribution in [0.2, 0.25) is 0 Å². The number of aryl methyl sites for hydroxylation is 1. The van der Waals surface area contributed by atoms with Crippen molar-refractivity contribution in [3.05, 3.63) is 78.4 Å². The van der Waals surface area contributed by atoms with Crippen LogP contribution in [0, 0.1) is 6.92 Å². The molecule has 3 nitrogen and oxygen atoms in total. The van der Waals surface area contributed by atoms with E-state index < -0.39 is 0 Å². The maximum absolute atomic E-state index is 11.9. The zero-order chi connectivity index (χ0) is 17.4. The Kier molecular flexibility index (Phi) is 3.62. The van der Waals surface area contributed by atoms with E-state index in [4.69, 9.17) is 0 Å². The number of amides is 1. The highest BCUT2D eigenvalue weighted by Crippen LogP contribution is 2.34. The van der Waals surface area contributed by atoms with Gasteiger partial charge < -0.3 is 5.11 Å². The summed E-state index contributed by atoms with van der Waals surface area (Å²) in [5.41, 5.74) is 2.48. The van der Waals surface area contributed by atoms with Crippen molar-refractivity contribution in [3.8, 4) is 5.75 Å². The average Bonchev–Trinajstić information content (AvgIpc) is 2.66. The van der Waals surface area contributed by atoms with Crippen LogP contribution in [0.1, 0.15) is 5.56 Å². The predicted molar refractivity (Wildman–Crippen MR) is 103 cm³/mol. The molecule has 0 aliphatic rings. The number of phenolic OH excluding ortho intramolecular Hbond substituents is 1. The van der Waals surface area contributed by atoms with E-state index in [1.165, 1.54) is 0 Å². The normalized spacial score (nSPS) is 10.9. The number of carbonyl (C=O) groups excluding carboxylic acids is 1. The van der Waals surface area contributed by atoms with Crippen LogP contribution in [-0.2, 0) is 4.79 Å². The zero-order valence-corrected chi connectivity index (χ0v) is 13.8. The van der Waals surface area contributed by atoms with Gasteiger partial charge in [0.25, 0.3) is 0 Å². The number of anilines is 2. The van der Waals surface area contributed by atoms with Crippen LogP contribution in [0.25, 0.3) is 21.5 Å². The number of rotatable bonds is 3. The second-order valence-electron chi connectivity index (χ2n) is 6.09. The topological polar surface area (TPSA) is 40.5 Å². The van der Waals surface area contributed by atoms with Crippen LogP contribution in [0.5, 0.6) is 5.75 Å². The number of nitrogens with zero attached hydrogens (tertiary/aromatic N) is 1. The summed E-state index contributed by atoms with van der Waals surface area (Å²) in [6.45, 7) is 1.89. The third-order valence-corrected chi connectivity index (χ3v) is 4.65. The summed E-state index contributed by atoms with van der Waals surface area (Å²) >= 11 is 0. The van der Waals surface area contributed by atoms with Crippen molar-refractivity contribution < 1.29 is 9.90 Å². The lowest BCUT2D eigenvalue weighted by molar-refractivity contribution is -0.106. The summed E-state index contributed by atoms with van der Waals surface area (Å²) in [6, 6.07) is 23.3. The van der Waals surface area contributed by atoms with Crippen LogP contribution in [0.3, 0.4) is 0 Å². The van der Waals surface area contributed by atoms with Crippen molar-refractivity contribution in [2.75, 3.05) is 4.90 Å². The quantitative estimate of drug-likeness (QED) is 0.519. The molecule has 0 bridgehead atoms. The van der Waals surface area contributed by atoms with Gasteiger partial charge in [0.2, 0.25) is 6.41 Å². The molecule has 0 spiro atoms. The van der Waals surface area contributed by atoms with E-state index in [9.17, 15) is 9.90 Å². The summed E-state index contributed by atoms with van der Waals surface area (Å²) < 4.78 is 0. The van der Waals surface area contributed by atoms with Gasteiger partial charge in [-0.3, -0.25) is 9.69 Å². The van der Waals surface area contributed by atoms with E-state index in [1.807, 2.05) is 73.7 Å². The van der Waals surface area contributed by atoms with Crippen molar-refractivity contribution in [3.63, 3.8) is 0 Å². The van der Waals surface area contributed by atoms with Crippen molar-refractivity contribution in [1.29, 1.82) is 0 Å². The fourth-order valence-electron chi connectivity index (χ4n) is 3.29. The lowest BCUT2D eigenvalue weighted by atomic mass is 10.0. The third-order valence-electron chi connectivity index (χ3n) is 4.65. The molecule has 0 saturated carbocycles. The van der Waals surface area contributed by atoms with E-state index in [2.05, 4.69) is 0 Å². The summed E-state index contributed by atoms with van der Waals surface area (Å²) in [6.07, 6.45) is 0.843. The molecular weight excluding hydrogens is 310 g/mol. The third kappa shape index (κ3) is 2.50. The molecule has 4 rings (SSSR count). The zero-order valence-electron chi connectivity index (χ0n) is 13.8. The second-order valence-corrected chi connectivity index (χ2v) is 6.09. The SMILES string of the molecule is Cc1c(O)ccc2cc(N(C=O)c3cccc4ccccc34)ccc12. The lowest BCUT2D eigenvalue weighted by Crippen LogP contribution is -2.14. The van der Waals surface area contributed by atoms with Crippen LogP contribution in [0.4, 0.5) is 11.4 Å². The van der Waals surface area contributed by atoms with Crippen LogP contribution in [0.15, 0.2) is 72.8 Å². The minimum atomic E-state index is 0.279. The monoisotopic (exact) mass is 327 g/mol. The molecule has 0 fully saturated rings. The Morgan fingerprint density at radius 3 is 2.48 bits per heavy atom. The number of phenols is 1. The van der Waals surface area contributed by atoms with Gasteiger partial charge in [-0.05, 0) is 52.9 Å². The molecule has 0 aliphatic carbocycles. The molecule has 0 aliphatic heterocycles. The molecule has 0 unspecified atom stereocenters. The number of carbonyl (C=O) groups is 1. The summed E-state index contributed by atoms with van der Waals surface area (Å²) in [5.74, 6) is 0.279. The molecule has 1 N–H and O–H groups in total. The molecule has 4 aromatic carbocycles. The standard InChI is InChI=1S/C22H17NO2/c1-15-19-11-10-18(13-17(19)9-12-22(15)25)23(14-24)21-8-4-6-16-5-2-3-7-20(16)21/h2-14,25H,1H3. The van der Waals surface area contributed by atoms with Gasteiger partial charge in [0.05, 0.1) is 5.69 Å². The molecule has 0 radical (unpaired) electrons. The lowest BCUT2D eigenvalue weighted by Gasteiger charge is -2.20. The molecule has 0 aromatic heterocycles. The first-order chi connectivity index (χ1) is 12.2. The Hall–Kier alpha value is -3.33. The fraction of sp³-hybridized carbons (Fsp3) is 0.0455. The highest BCUT2D eigenvalue weighted by Gasteiger charge is 2.13. The summed E-state index contributed by atoms with van der Waals surface area (Å²) in [5, 5.41) is 14.0. The van der Waals surface area contributed by atoms with Gasteiger partial charge >= 0.3 is 0 Å². The number of benzene rings is 4. The second kappa shape index (κ2) is 5.95. The van der Waals surface area contributed by atoms with E-state index in [-0.39, 0.29) is 5.75 Å². The molecule has 0 saturated heterocycles. The van der Waals surface area contributed by atoms with Crippen molar-refractivity contribution in [2.24, 2.45) is 0 Å². The first kappa shape index (κ1) is 15.2. The van der Waals surface area contributed by atoms with Crippen LogP contribution in [-0.4, -0.2) is 11.5 Å². The van der Waals surface area contributed by atoms with Gasteiger partial charge in [0, 0.05) is 11.1 Å². The Balaban J connectivity index is 1.90. The molecular formula is C22H17NO2. The Morgan fingerprint density at radius 1 is 0.840 bits per heavy atom. The number of fused-ring (bicyclic) bond motifs is 2. The number of hydrogen-bond donors (Lipinski definition) is 1. The molecule has 0 heterocycles. The summed E-state index contributed by atoms with van der Waals surface area (Å²) in [7, 11) is 0. The van der Waals surface area contributed by atoms with Crippen molar-refractivity contribution >= 4 is 39.3 Å². The first-order valence-corrected chi connectivity index (χ1v) is 8.13. The molecule has 3 heteroatoms. The molecule has 0 atom stereocenters. The van der Waals surface area contributed by atoms with Gasteiger partial charge in [-0.2, -0.15) is 0 Å². The molecule has 25 heavy (non-hydrogen) atoms. The van der Waals surface area contributed by atoms with E-state index in [0.29, 0.717) is 0 Å². The number of aromatic hydroxyl groups is 1. The molecule has 122 valence electrons.